The third kappa shape index (κ3) is 6.60. The van der Waals surface area contributed by atoms with E-state index in [2.05, 4.69) is 38.9 Å². The van der Waals surface area contributed by atoms with Crippen LogP contribution in [-0.2, 0) is 6.54 Å². The molecule has 2 N–H and O–H groups in total. The Morgan fingerprint density at radius 1 is 1.16 bits per heavy atom. The smallest absolute Gasteiger partial charge is 0.413 e. The van der Waals surface area contributed by atoms with Gasteiger partial charge in [0.15, 0.2) is 0 Å². The molecular formula is C26H29Cl2FN6O2. The van der Waals surface area contributed by atoms with Crippen molar-refractivity contribution in [2.24, 2.45) is 0 Å². The molecule has 1 fully saturated rings. The number of halogens is 3. The lowest BCUT2D eigenvalue weighted by molar-refractivity contribution is 0.193. The van der Waals surface area contributed by atoms with E-state index in [0.717, 1.165) is 43.2 Å². The zero-order valence-corrected chi connectivity index (χ0v) is 22.2. The monoisotopic (exact) mass is 546 g/mol. The maximum absolute atomic E-state index is 14.2. The number of benzene rings is 2. The van der Waals surface area contributed by atoms with Crippen molar-refractivity contribution >= 4 is 52.4 Å². The zero-order chi connectivity index (χ0) is 26.5. The van der Waals surface area contributed by atoms with Gasteiger partial charge in [0.05, 0.1) is 17.3 Å². The Balaban J connectivity index is 1.47. The van der Waals surface area contributed by atoms with Gasteiger partial charge in [-0.1, -0.05) is 30.1 Å². The SMILES string of the molecule is CCC(C)N1CCN(c2ccc(Nc3nccc(N(Cc4cc(Cl)ccc4F)C(=O)O)n3)cc2Cl)CC1. The van der Waals surface area contributed by atoms with E-state index in [4.69, 9.17) is 23.2 Å². The lowest BCUT2D eigenvalue weighted by Crippen LogP contribution is -2.49. The molecule has 1 atom stereocenters. The summed E-state index contributed by atoms with van der Waals surface area (Å²) in [5.41, 5.74) is 1.76. The summed E-state index contributed by atoms with van der Waals surface area (Å²) in [7, 11) is 0. The fourth-order valence-electron chi connectivity index (χ4n) is 4.27. The second-order valence-electron chi connectivity index (χ2n) is 8.91. The van der Waals surface area contributed by atoms with E-state index >= 15 is 0 Å². The van der Waals surface area contributed by atoms with Crippen molar-refractivity contribution in [2.75, 3.05) is 41.3 Å². The summed E-state index contributed by atoms with van der Waals surface area (Å²) in [5, 5.41) is 13.7. The molecule has 0 saturated carbocycles. The average molecular weight is 547 g/mol. The third-order valence-electron chi connectivity index (χ3n) is 6.56. The van der Waals surface area contributed by atoms with E-state index in [1.165, 1.54) is 30.5 Å². The van der Waals surface area contributed by atoms with E-state index in [9.17, 15) is 14.3 Å². The number of rotatable bonds is 8. The Hall–Kier alpha value is -3.14. The normalized spacial score (nSPS) is 14.9. The van der Waals surface area contributed by atoms with Crippen LogP contribution in [0.4, 0.5) is 32.3 Å². The highest BCUT2D eigenvalue weighted by atomic mass is 35.5. The molecule has 1 aliphatic rings. The van der Waals surface area contributed by atoms with Crippen LogP contribution in [-0.4, -0.2) is 58.3 Å². The molecule has 1 saturated heterocycles. The van der Waals surface area contributed by atoms with Crippen LogP contribution < -0.4 is 15.1 Å². The van der Waals surface area contributed by atoms with Crippen molar-refractivity contribution in [1.29, 1.82) is 0 Å². The van der Waals surface area contributed by atoms with Crippen LogP contribution in [0.1, 0.15) is 25.8 Å². The first-order chi connectivity index (χ1) is 17.7. The molecule has 2 aromatic carbocycles. The summed E-state index contributed by atoms with van der Waals surface area (Å²) in [6.45, 7) is 7.99. The highest BCUT2D eigenvalue weighted by molar-refractivity contribution is 6.33. The van der Waals surface area contributed by atoms with E-state index in [1.807, 2.05) is 12.1 Å². The topological polar surface area (TPSA) is 84.8 Å². The Morgan fingerprint density at radius 3 is 2.59 bits per heavy atom. The van der Waals surface area contributed by atoms with Crippen LogP contribution in [0.5, 0.6) is 0 Å². The number of carbonyl (C=O) groups is 1. The van der Waals surface area contributed by atoms with Crippen molar-refractivity contribution < 1.29 is 14.3 Å². The van der Waals surface area contributed by atoms with E-state index < -0.39 is 11.9 Å². The molecule has 1 unspecified atom stereocenters. The molecular weight excluding hydrogens is 518 g/mol. The highest BCUT2D eigenvalue weighted by Crippen LogP contribution is 2.31. The van der Waals surface area contributed by atoms with Crippen LogP contribution >= 0.6 is 23.2 Å². The molecule has 0 aliphatic carbocycles. The average Bonchev–Trinajstić information content (AvgIpc) is 2.89. The summed E-state index contributed by atoms with van der Waals surface area (Å²) in [4.78, 5) is 26.2. The molecule has 0 radical (unpaired) electrons. The van der Waals surface area contributed by atoms with Gasteiger partial charge >= 0.3 is 6.09 Å². The maximum Gasteiger partial charge on any atom is 0.413 e. The van der Waals surface area contributed by atoms with Crippen molar-refractivity contribution in [2.45, 2.75) is 32.9 Å². The van der Waals surface area contributed by atoms with Crippen LogP contribution in [0, 0.1) is 5.82 Å². The first-order valence-electron chi connectivity index (χ1n) is 12.1. The predicted molar refractivity (Wildman–Crippen MR) is 146 cm³/mol. The van der Waals surface area contributed by atoms with Gasteiger partial charge in [0.1, 0.15) is 11.6 Å². The van der Waals surface area contributed by atoms with Crippen molar-refractivity contribution in [3.05, 3.63) is 70.1 Å². The van der Waals surface area contributed by atoms with Crippen molar-refractivity contribution in [3.8, 4) is 0 Å². The van der Waals surface area contributed by atoms with Gasteiger partial charge in [0.2, 0.25) is 5.95 Å². The summed E-state index contributed by atoms with van der Waals surface area (Å²) >= 11 is 12.6. The molecule has 0 spiro atoms. The Bertz CT molecular complexity index is 1260. The number of amides is 1. The molecule has 11 heteroatoms. The molecule has 37 heavy (non-hydrogen) atoms. The molecule has 1 aromatic heterocycles. The second-order valence-corrected chi connectivity index (χ2v) is 9.76. The number of hydrogen-bond donors (Lipinski definition) is 2. The van der Waals surface area contributed by atoms with Crippen LogP contribution in [0.25, 0.3) is 0 Å². The van der Waals surface area contributed by atoms with E-state index in [-0.39, 0.29) is 23.9 Å². The fourth-order valence-corrected chi connectivity index (χ4v) is 4.77. The molecule has 2 heterocycles. The molecule has 0 bridgehead atoms. The Morgan fingerprint density at radius 2 is 1.92 bits per heavy atom. The maximum atomic E-state index is 14.2. The van der Waals surface area contributed by atoms with Crippen molar-refractivity contribution in [1.82, 2.24) is 14.9 Å². The minimum atomic E-state index is -1.29. The van der Waals surface area contributed by atoms with Crippen LogP contribution in [0.2, 0.25) is 10.0 Å². The highest BCUT2D eigenvalue weighted by Gasteiger charge is 2.22. The zero-order valence-electron chi connectivity index (χ0n) is 20.7. The molecule has 3 aromatic rings. The minimum absolute atomic E-state index is 0.0891. The van der Waals surface area contributed by atoms with Crippen LogP contribution in [0.3, 0.4) is 0 Å². The van der Waals surface area contributed by atoms with E-state index in [1.54, 1.807) is 6.07 Å². The number of nitrogens with zero attached hydrogens (tertiary/aromatic N) is 5. The Labute approximate surface area is 225 Å². The number of anilines is 4. The van der Waals surface area contributed by atoms with Gasteiger partial charge in [-0.05, 0) is 55.8 Å². The summed E-state index contributed by atoms with van der Waals surface area (Å²) in [5.74, 6) is -0.286. The predicted octanol–water partition coefficient (Wildman–Crippen LogP) is 6.27. The van der Waals surface area contributed by atoms with Gasteiger partial charge in [-0.15, -0.1) is 0 Å². The van der Waals surface area contributed by atoms with Gasteiger partial charge in [-0.25, -0.2) is 14.2 Å². The van der Waals surface area contributed by atoms with Gasteiger partial charge in [-0.2, -0.15) is 4.98 Å². The molecule has 1 aliphatic heterocycles. The largest absolute Gasteiger partial charge is 0.465 e. The summed E-state index contributed by atoms with van der Waals surface area (Å²) in [6, 6.07) is 11.6. The third-order valence-corrected chi connectivity index (χ3v) is 7.10. The lowest BCUT2D eigenvalue weighted by Gasteiger charge is -2.39. The van der Waals surface area contributed by atoms with Crippen molar-refractivity contribution in [3.63, 3.8) is 0 Å². The summed E-state index contributed by atoms with van der Waals surface area (Å²) < 4.78 is 14.2. The fraction of sp³-hybridized carbons (Fsp3) is 0.346. The second kappa shape index (κ2) is 11.9. The number of nitrogens with one attached hydrogen (secondary N) is 1. The number of carboxylic acid groups (broad SMARTS) is 1. The van der Waals surface area contributed by atoms with Gasteiger partial charge in [0.25, 0.3) is 0 Å². The number of piperazine rings is 1. The lowest BCUT2D eigenvalue weighted by atomic mass is 10.1. The Kier molecular flexibility index (Phi) is 8.68. The van der Waals surface area contributed by atoms with Gasteiger partial charge in [-0.3, -0.25) is 9.80 Å². The minimum Gasteiger partial charge on any atom is -0.465 e. The molecule has 4 rings (SSSR count). The molecule has 8 nitrogen and oxygen atoms in total. The number of hydrogen-bond acceptors (Lipinski definition) is 6. The number of aromatic nitrogens is 2. The molecule has 1 amide bonds. The van der Waals surface area contributed by atoms with Crippen LogP contribution in [0.15, 0.2) is 48.7 Å². The van der Waals surface area contributed by atoms with Gasteiger partial charge < -0.3 is 15.3 Å². The summed E-state index contributed by atoms with van der Waals surface area (Å²) in [6.07, 6.45) is 1.28. The first-order valence-corrected chi connectivity index (χ1v) is 12.8. The van der Waals surface area contributed by atoms with E-state index in [0.29, 0.717) is 21.8 Å². The molecule has 196 valence electrons. The van der Waals surface area contributed by atoms with Gasteiger partial charge in [0, 0.05) is 54.7 Å². The first kappa shape index (κ1) is 26.9. The quantitative estimate of drug-likeness (QED) is 0.344. The standard InChI is InChI=1S/C26H29Cl2FN6O2/c1-3-17(2)33-10-12-34(13-11-33)23-7-5-20(15-21(23)28)31-25-30-9-8-24(32-25)35(26(36)37)16-18-14-19(27)4-6-22(18)29/h4-9,14-15,17H,3,10-13,16H2,1-2H3,(H,36,37)(H,30,31,32).